The van der Waals surface area contributed by atoms with Crippen molar-refractivity contribution < 1.29 is 4.52 Å². The number of fused-ring (bicyclic) bond motifs is 1. The van der Waals surface area contributed by atoms with Crippen LogP contribution in [0.4, 0.5) is 0 Å². The SMILES string of the molecule is CN=C(NCc1c(C)noc1C)NCc1csc2ccccc12. The third-order valence-corrected chi connectivity index (χ3v) is 4.86. The highest BCUT2D eigenvalue weighted by molar-refractivity contribution is 7.17. The third kappa shape index (κ3) is 3.37. The average molecular weight is 328 g/mol. The number of aromatic nitrogens is 1. The van der Waals surface area contributed by atoms with Crippen LogP contribution >= 0.6 is 11.3 Å². The fourth-order valence-electron chi connectivity index (χ4n) is 2.50. The molecule has 0 aliphatic rings. The average Bonchev–Trinajstić information content (AvgIpc) is 3.12. The van der Waals surface area contributed by atoms with Crippen LogP contribution in [0.15, 0.2) is 39.2 Å². The number of thiophene rings is 1. The Morgan fingerprint density at radius 1 is 1.22 bits per heavy atom. The molecule has 0 bridgehead atoms. The van der Waals surface area contributed by atoms with E-state index in [2.05, 4.69) is 50.4 Å². The van der Waals surface area contributed by atoms with Gasteiger partial charge in [0.15, 0.2) is 5.96 Å². The predicted octanol–water partition coefficient (Wildman–Crippen LogP) is 3.37. The number of aliphatic imine (C=N–C) groups is 1. The summed E-state index contributed by atoms with van der Waals surface area (Å²) in [6.07, 6.45) is 0. The normalized spacial score (nSPS) is 11.9. The Morgan fingerprint density at radius 3 is 2.74 bits per heavy atom. The van der Waals surface area contributed by atoms with Gasteiger partial charge in [0.2, 0.25) is 0 Å². The van der Waals surface area contributed by atoms with Gasteiger partial charge in [0, 0.05) is 30.4 Å². The van der Waals surface area contributed by atoms with Gasteiger partial charge in [-0.3, -0.25) is 4.99 Å². The molecule has 0 aliphatic heterocycles. The summed E-state index contributed by atoms with van der Waals surface area (Å²) in [5.41, 5.74) is 3.27. The maximum Gasteiger partial charge on any atom is 0.191 e. The number of guanidine groups is 1. The summed E-state index contributed by atoms with van der Waals surface area (Å²) in [5.74, 6) is 1.61. The van der Waals surface area contributed by atoms with Crippen LogP contribution in [0.5, 0.6) is 0 Å². The monoisotopic (exact) mass is 328 g/mol. The van der Waals surface area contributed by atoms with Crippen molar-refractivity contribution in [3.05, 3.63) is 52.2 Å². The summed E-state index contributed by atoms with van der Waals surface area (Å²) in [6.45, 7) is 5.25. The van der Waals surface area contributed by atoms with Gasteiger partial charge in [-0.15, -0.1) is 11.3 Å². The summed E-state index contributed by atoms with van der Waals surface area (Å²) < 4.78 is 6.49. The topological polar surface area (TPSA) is 62.5 Å². The molecule has 1 aromatic carbocycles. The van der Waals surface area contributed by atoms with Gasteiger partial charge in [-0.1, -0.05) is 23.4 Å². The highest BCUT2D eigenvalue weighted by atomic mass is 32.1. The summed E-state index contributed by atoms with van der Waals surface area (Å²) in [7, 11) is 1.77. The van der Waals surface area contributed by atoms with Crippen LogP contribution in [0.2, 0.25) is 0 Å². The second kappa shape index (κ2) is 6.83. The Morgan fingerprint density at radius 2 is 2.00 bits per heavy atom. The van der Waals surface area contributed by atoms with Crippen LogP contribution in [0, 0.1) is 13.8 Å². The van der Waals surface area contributed by atoms with Crippen molar-refractivity contribution in [1.29, 1.82) is 0 Å². The van der Waals surface area contributed by atoms with Crippen molar-refractivity contribution >= 4 is 27.4 Å². The first-order valence-corrected chi connectivity index (χ1v) is 8.38. The van der Waals surface area contributed by atoms with Gasteiger partial charge >= 0.3 is 0 Å². The van der Waals surface area contributed by atoms with Gasteiger partial charge < -0.3 is 15.2 Å². The molecule has 120 valence electrons. The largest absolute Gasteiger partial charge is 0.361 e. The highest BCUT2D eigenvalue weighted by Gasteiger charge is 2.10. The number of nitrogens with one attached hydrogen (secondary N) is 2. The Labute approximate surface area is 139 Å². The lowest BCUT2D eigenvalue weighted by Crippen LogP contribution is -2.36. The number of hydrogen-bond acceptors (Lipinski definition) is 4. The van der Waals surface area contributed by atoms with E-state index in [1.807, 2.05) is 13.8 Å². The van der Waals surface area contributed by atoms with Gasteiger partial charge in [0.05, 0.1) is 5.69 Å². The number of rotatable bonds is 4. The van der Waals surface area contributed by atoms with Crippen LogP contribution in [-0.2, 0) is 13.1 Å². The molecule has 23 heavy (non-hydrogen) atoms. The lowest BCUT2D eigenvalue weighted by molar-refractivity contribution is 0.392. The minimum Gasteiger partial charge on any atom is -0.361 e. The zero-order valence-corrected chi connectivity index (χ0v) is 14.3. The Balaban J connectivity index is 1.62. The molecular formula is C17H20N4OS. The van der Waals surface area contributed by atoms with E-state index in [1.165, 1.54) is 15.6 Å². The zero-order valence-electron chi connectivity index (χ0n) is 13.5. The number of hydrogen-bond donors (Lipinski definition) is 2. The van der Waals surface area contributed by atoms with E-state index in [0.29, 0.717) is 6.54 Å². The van der Waals surface area contributed by atoms with Gasteiger partial charge in [0.25, 0.3) is 0 Å². The fourth-order valence-corrected chi connectivity index (χ4v) is 3.46. The van der Waals surface area contributed by atoms with Crippen LogP contribution in [0.25, 0.3) is 10.1 Å². The highest BCUT2D eigenvalue weighted by Crippen LogP contribution is 2.25. The van der Waals surface area contributed by atoms with E-state index < -0.39 is 0 Å². The molecule has 0 amide bonds. The lowest BCUT2D eigenvalue weighted by Gasteiger charge is -2.11. The van der Waals surface area contributed by atoms with Crippen molar-refractivity contribution in [2.75, 3.05) is 7.05 Å². The molecule has 0 saturated heterocycles. The fraction of sp³-hybridized carbons (Fsp3) is 0.294. The van der Waals surface area contributed by atoms with Gasteiger partial charge in [-0.05, 0) is 36.2 Å². The third-order valence-electron chi connectivity index (χ3n) is 3.84. The van der Waals surface area contributed by atoms with Crippen LogP contribution in [0.1, 0.15) is 22.6 Å². The molecule has 0 atom stereocenters. The Bertz CT molecular complexity index is 815. The molecule has 0 radical (unpaired) electrons. The second-order valence-corrected chi connectivity index (χ2v) is 6.25. The summed E-state index contributed by atoms with van der Waals surface area (Å²) in [5, 5.41) is 14.1. The molecule has 0 spiro atoms. The number of aryl methyl sites for hydroxylation is 2. The molecule has 0 aliphatic carbocycles. The van der Waals surface area contributed by atoms with Gasteiger partial charge in [0.1, 0.15) is 5.76 Å². The van der Waals surface area contributed by atoms with Gasteiger partial charge in [-0.2, -0.15) is 0 Å². The zero-order chi connectivity index (χ0) is 16.2. The summed E-state index contributed by atoms with van der Waals surface area (Å²) >= 11 is 1.77. The predicted molar refractivity (Wildman–Crippen MR) is 94.8 cm³/mol. The molecule has 2 N–H and O–H groups in total. The number of benzene rings is 1. The molecule has 3 rings (SSSR count). The van der Waals surface area contributed by atoms with Crippen LogP contribution in [-0.4, -0.2) is 18.2 Å². The molecule has 2 aromatic heterocycles. The van der Waals surface area contributed by atoms with Crippen LogP contribution in [0.3, 0.4) is 0 Å². The van der Waals surface area contributed by atoms with Crippen molar-refractivity contribution in [2.24, 2.45) is 4.99 Å². The minimum absolute atomic E-state index is 0.644. The van der Waals surface area contributed by atoms with E-state index >= 15 is 0 Å². The van der Waals surface area contributed by atoms with Gasteiger partial charge in [-0.25, -0.2) is 0 Å². The molecule has 0 fully saturated rings. The molecule has 0 saturated carbocycles. The lowest BCUT2D eigenvalue weighted by atomic mass is 10.2. The van der Waals surface area contributed by atoms with Crippen LogP contribution < -0.4 is 10.6 Å². The summed E-state index contributed by atoms with van der Waals surface area (Å²) in [6, 6.07) is 8.44. The summed E-state index contributed by atoms with van der Waals surface area (Å²) in [4.78, 5) is 4.27. The smallest absolute Gasteiger partial charge is 0.191 e. The maximum absolute atomic E-state index is 5.18. The van der Waals surface area contributed by atoms with E-state index in [-0.39, 0.29) is 0 Å². The standard InChI is InChI=1S/C17H20N4OS/c1-11-15(12(2)22-21-11)9-20-17(18-3)19-8-13-10-23-16-7-5-4-6-14(13)16/h4-7,10H,8-9H2,1-3H3,(H2,18,19,20). The molecule has 3 aromatic rings. The first-order valence-electron chi connectivity index (χ1n) is 7.50. The van der Waals surface area contributed by atoms with Crippen molar-refractivity contribution in [3.63, 3.8) is 0 Å². The van der Waals surface area contributed by atoms with Crippen molar-refractivity contribution in [2.45, 2.75) is 26.9 Å². The quantitative estimate of drug-likeness (QED) is 0.569. The van der Waals surface area contributed by atoms with E-state index in [4.69, 9.17) is 4.52 Å². The maximum atomic E-state index is 5.18. The number of nitrogens with zero attached hydrogens (tertiary/aromatic N) is 2. The first-order chi connectivity index (χ1) is 11.2. The molecule has 2 heterocycles. The molecule has 5 nitrogen and oxygen atoms in total. The van der Waals surface area contributed by atoms with E-state index in [0.717, 1.165) is 29.5 Å². The molecular weight excluding hydrogens is 308 g/mol. The molecule has 6 heteroatoms. The molecule has 0 unspecified atom stereocenters. The first kappa shape index (κ1) is 15.6. The second-order valence-electron chi connectivity index (χ2n) is 5.34. The Kier molecular flexibility index (Phi) is 4.62. The Hall–Kier alpha value is -2.34. The van der Waals surface area contributed by atoms with E-state index in [9.17, 15) is 0 Å². The minimum atomic E-state index is 0.644. The van der Waals surface area contributed by atoms with E-state index in [1.54, 1.807) is 18.4 Å². The van der Waals surface area contributed by atoms with Crippen molar-refractivity contribution in [1.82, 2.24) is 15.8 Å². The van der Waals surface area contributed by atoms with Crippen molar-refractivity contribution in [3.8, 4) is 0 Å².